The van der Waals surface area contributed by atoms with Gasteiger partial charge < -0.3 is 15.6 Å². The average Bonchev–Trinajstić information content (AvgIpc) is 3.29. The number of aromatic nitrogens is 1. The van der Waals surface area contributed by atoms with Crippen LogP contribution in [0.25, 0.3) is 10.6 Å². The number of piperidine rings is 1. The summed E-state index contributed by atoms with van der Waals surface area (Å²) in [5, 5.41) is 9.09. The summed E-state index contributed by atoms with van der Waals surface area (Å²) in [7, 11) is 0. The van der Waals surface area contributed by atoms with Gasteiger partial charge in [-0.15, -0.1) is 11.3 Å². The first-order valence-corrected chi connectivity index (χ1v) is 13.0. The van der Waals surface area contributed by atoms with E-state index in [4.69, 9.17) is 15.6 Å². The van der Waals surface area contributed by atoms with Gasteiger partial charge in [-0.3, -0.25) is 4.90 Å². The van der Waals surface area contributed by atoms with Gasteiger partial charge in [-0.05, 0) is 50.2 Å². The Morgan fingerprint density at radius 1 is 1.10 bits per heavy atom. The van der Waals surface area contributed by atoms with Gasteiger partial charge in [0.15, 0.2) is 0 Å². The van der Waals surface area contributed by atoms with Gasteiger partial charge in [0.25, 0.3) is 0 Å². The molecule has 1 aliphatic rings. The number of halogens is 7. The van der Waals surface area contributed by atoms with E-state index >= 15 is 0 Å². The van der Waals surface area contributed by atoms with Crippen LogP contribution in [0.1, 0.15) is 34.5 Å². The Morgan fingerprint density at radius 3 is 2.32 bits per heavy atom. The van der Waals surface area contributed by atoms with Gasteiger partial charge in [0.1, 0.15) is 29.0 Å². The minimum atomic E-state index is -4.51. The summed E-state index contributed by atoms with van der Waals surface area (Å²) >= 11 is 1.14. The van der Waals surface area contributed by atoms with Crippen molar-refractivity contribution in [3.05, 3.63) is 70.0 Å². The van der Waals surface area contributed by atoms with E-state index in [9.17, 15) is 35.5 Å². The van der Waals surface area contributed by atoms with E-state index in [0.717, 1.165) is 29.5 Å². The number of amides is 1. The minimum absolute atomic E-state index is 0.0643. The van der Waals surface area contributed by atoms with Crippen LogP contribution >= 0.6 is 11.3 Å². The van der Waals surface area contributed by atoms with Gasteiger partial charge in [0.05, 0.1) is 27.6 Å². The normalized spacial score (nSPS) is 15.7. The summed E-state index contributed by atoms with van der Waals surface area (Å²) in [5.41, 5.74) is 5.31. The van der Waals surface area contributed by atoms with Crippen LogP contribution in [0.5, 0.6) is 5.75 Å². The molecule has 0 aliphatic carbocycles. The first-order chi connectivity index (χ1) is 19.2. The van der Waals surface area contributed by atoms with Crippen molar-refractivity contribution >= 4 is 23.3 Å². The van der Waals surface area contributed by atoms with Crippen molar-refractivity contribution < 1.29 is 45.4 Å². The first kappa shape index (κ1) is 30.2. The number of amidine groups is 1. The van der Waals surface area contributed by atoms with Crippen molar-refractivity contribution in [2.45, 2.75) is 38.3 Å². The molecule has 0 saturated carbocycles. The number of ether oxygens (including phenoxy) is 1. The molecule has 1 fully saturated rings. The monoisotopic (exact) mass is 604 g/mol. The number of carbonyl (C=O) groups is 1. The van der Waals surface area contributed by atoms with E-state index in [2.05, 4.69) is 9.98 Å². The summed E-state index contributed by atoms with van der Waals surface area (Å²) < 4.78 is 98.5. The maximum Gasteiger partial charge on any atom is 0.433 e. The number of nitrogens with zero attached hydrogens (tertiary/aromatic N) is 3. The Morgan fingerprint density at radius 2 is 1.76 bits per heavy atom. The highest BCUT2D eigenvalue weighted by atomic mass is 32.1. The molecule has 0 unspecified atom stereocenters. The van der Waals surface area contributed by atoms with E-state index in [1.807, 2.05) is 4.90 Å². The van der Waals surface area contributed by atoms with Crippen LogP contribution in [0.2, 0.25) is 0 Å². The predicted molar refractivity (Wildman–Crippen MR) is 136 cm³/mol. The number of thiazole rings is 1. The zero-order valence-electron chi connectivity index (χ0n) is 21.1. The molecule has 3 N–H and O–H groups in total. The van der Waals surface area contributed by atoms with Crippen molar-refractivity contribution in [3.63, 3.8) is 0 Å². The van der Waals surface area contributed by atoms with Gasteiger partial charge in [-0.1, -0.05) is 12.1 Å². The second-order valence-electron chi connectivity index (χ2n) is 9.27. The SMILES string of the molecule is NC(=NC(=O)O)c1ccc(OCc2sc(-c3ccc(C(F)(F)F)cc3)nc2CN2CCC(C(F)(F)F)CC2)cc1F. The van der Waals surface area contributed by atoms with Gasteiger partial charge in [-0.2, -0.15) is 31.3 Å². The molecule has 1 aromatic heterocycles. The minimum Gasteiger partial charge on any atom is -0.488 e. The maximum atomic E-state index is 14.5. The van der Waals surface area contributed by atoms with Crippen LogP contribution in [-0.2, 0) is 19.3 Å². The smallest absolute Gasteiger partial charge is 0.433 e. The lowest BCUT2D eigenvalue weighted by Crippen LogP contribution is -2.38. The molecule has 1 amide bonds. The quantitative estimate of drug-likeness (QED) is 0.177. The third-order valence-corrected chi connectivity index (χ3v) is 7.58. The third kappa shape index (κ3) is 7.73. The second kappa shape index (κ2) is 12.0. The highest BCUT2D eigenvalue weighted by Gasteiger charge is 2.41. The predicted octanol–water partition coefficient (Wildman–Crippen LogP) is 6.70. The number of hydrogen-bond donors (Lipinski definition) is 2. The average molecular weight is 605 g/mol. The van der Waals surface area contributed by atoms with Crippen LogP contribution in [0.15, 0.2) is 47.5 Å². The molecule has 0 bridgehead atoms. The Bertz CT molecular complexity index is 1410. The van der Waals surface area contributed by atoms with Gasteiger partial charge in [0.2, 0.25) is 0 Å². The van der Waals surface area contributed by atoms with Gasteiger partial charge >= 0.3 is 18.4 Å². The third-order valence-electron chi connectivity index (χ3n) is 6.46. The van der Waals surface area contributed by atoms with Gasteiger partial charge in [-0.25, -0.2) is 14.2 Å². The Hall–Kier alpha value is -3.72. The van der Waals surface area contributed by atoms with E-state index in [0.29, 0.717) is 21.1 Å². The van der Waals surface area contributed by atoms with Gasteiger partial charge in [0, 0.05) is 18.2 Å². The van der Waals surface area contributed by atoms with Crippen LogP contribution in [-0.4, -0.2) is 46.2 Å². The summed E-state index contributed by atoms with van der Waals surface area (Å²) in [6.07, 6.45) is -10.5. The highest BCUT2D eigenvalue weighted by Crippen LogP contribution is 2.36. The van der Waals surface area contributed by atoms with Crippen LogP contribution in [0.4, 0.5) is 35.5 Å². The van der Waals surface area contributed by atoms with E-state index in [1.165, 1.54) is 24.3 Å². The molecule has 2 aromatic carbocycles. The second-order valence-corrected chi connectivity index (χ2v) is 10.3. The standard InChI is InChI=1S/C26H23F7N4O3S/c27-19-11-17(5-6-18(19)22(34)36-24(38)39)40-13-21-20(12-37-9-7-16(8-10-37)26(31,32)33)35-23(41-21)14-1-3-15(4-2-14)25(28,29)30/h1-6,11,16H,7-10,12-13H2,(H2,34,36)(H,38,39). The fourth-order valence-corrected chi connectivity index (χ4v) is 5.27. The fraction of sp³-hybridized carbons (Fsp3) is 0.346. The molecule has 220 valence electrons. The summed E-state index contributed by atoms with van der Waals surface area (Å²) in [4.78, 5) is 20.7. The Kier molecular flexibility index (Phi) is 8.87. The van der Waals surface area contributed by atoms with Crippen molar-refractivity contribution in [2.75, 3.05) is 13.1 Å². The lowest BCUT2D eigenvalue weighted by molar-refractivity contribution is -0.185. The molecule has 1 saturated heterocycles. The molecule has 0 atom stereocenters. The number of benzene rings is 2. The Labute approximate surface area is 233 Å². The van der Waals surface area contributed by atoms with E-state index in [1.54, 1.807) is 0 Å². The van der Waals surface area contributed by atoms with Crippen molar-refractivity contribution in [1.82, 2.24) is 9.88 Å². The molecule has 15 heteroatoms. The lowest BCUT2D eigenvalue weighted by atomic mass is 9.96. The summed E-state index contributed by atoms with van der Waals surface area (Å²) in [6, 6.07) is 7.94. The molecule has 2 heterocycles. The largest absolute Gasteiger partial charge is 0.488 e. The number of nitrogens with two attached hydrogens (primary N) is 1. The van der Waals surface area contributed by atoms with Crippen molar-refractivity contribution in [2.24, 2.45) is 16.6 Å². The fourth-order valence-electron chi connectivity index (χ4n) is 4.28. The molecule has 7 nitrogen and oxygen atoms in total. The van der Waals surface area contributed by atoms with Crippen molar-refractivity contribution in [3.8, 4) is 16.3 Å². The molecular formula is C26H23F7N4O3S. The molecule has 0 spiro atoms. The Balaban J connectivity index is 1.55. The molecule has 41 heavy (non-hydrogen) atoms. The summed E-state index contributed by atoms with van der Waals surface area (Å²) in [6.45, 7) is 0.438. The number of rotatable bonds is 7. The number of alkyl halides is 6. The number of likely N-dealkylation sites (tertiary alicyclic amines) is 1. The van der Waals surface area contributed by atoms with E-state index in [-0.39, 0.29) is 50.4 Å². The number of hydrogen-bond acceptors (Lipinski definition) is 5. The molecule has 4 rings (SSSR count). The zero-order chi connectivity index (χ0) is 29.9. The van der Waals surface area contributed by atoms with Crippen LogP contribution in [0, 0.1) is 11.7 Å². The number of carboxylic acid groups (broad SMARTS) is 1. The maximum absolute atomic E-state index is 14.5. The lowest BCUT2D eigenvalue weighted by Gasteiger charge is -2.32. The number of aliphatic imine (C=N–C) groups is 1. The highest BCUT2D eigenvalue weighted by molar-refractivity contribution is 7.15. The van der Waals surface area contributed by atoms with Crippen LogP contribution in [0.3, 0.4) is 0 Å². The van der Waals surface area contributed by atoms with E-state index < -0.39 is 41.6 Å². The molecule has 0 radical (unpaired) electrons. The topological polar surface area (TPSA) is 101 Å². The zero-order valence-corrected chi connectivity index (χ0v) is 21.9. The van der Waals surface area contributed by atoms with Crippen molar-refractivity contribution in [1.29, 1.82) is 0 Å². The van der Waals surface area contributed by atoms with Crippen LogP contribution < -0.4 is 10.5 Å². The molecule has 1 aliphatic heterocycles. The molecule has 3 aromatic rings. The molecular weight excluding hydrogens is 581 g/mol. The first-order valence-electron chi connectivity index (χ1n) is 12.2. The summed E-state index contributed by atoms with van der Waals surface area (Å²) in [5.74, 6) is -2.74.